The quantitative estimate of drug-likeness (QED) is 0.808. The Balaban J connectivity index is 1.31. The highest BCUT2D eigenvalue weighted by atomic mass is 32.1. The molecule has 2 amide bonds. The summed E-state index contributed by atoms with van der Waals surface area (Å²) in [6, 6.07) is 3.67. The van der Waals surface area contributed by atoms with Crippen LogP contribution in [0.3, 0.4) is 0 Å². The normalized spacial score (nSPS) is 18.1. The Bertz CT molecular complexity index is 841. The molecule has 8 heteroatoms. The van der Waals surface area contributed by atoms with Crippen molar-refractivity contribution in [2.24, 2.45) is 5.92 Å². The van der Waals surface area contributed by atoms with Crippen LogP contribution in [-0.2, 0) is 17.9 Å². The molecule has 3 heterocycles. The third kappa shape index (κ3) is 4.62. The lowest BCUT2D eigenvalue weighted by Gasteiger charge is -2.21. The smallest absolute Gasteiger partial charge is 0.264 e. The largest absolute Gasteiger partial charge is 0.337 e. The standard InChI is InChI=1S/C20H27N5O2S/c1-2-25-14-15(12-21-25)13-23-8-3-9-24(11-10-23)20(27)17-6-7-18(28-17)22-19(26)16-4-5-16/h6-7,12,14,16H,2-5,8-11,13H2,1H3,(H,22,26). The van der Waals surface area contributed by atoms with E-state index >= 15 is 0 Å². The van der Waals surface area contributed by atoms with Crippen molar-refractivity contribution in [3.05, 3.63) is 35.0 Å². The highest BCUT2D eigenvalue weighted by Gasteiger charge is 2.30. The van der Waals surface area contributed by atoms with Gasteiger partial charge in [-0.25, -0.2) is 0 Å². The zero-order valence-corrected chi connectivity index (χ0v) is 17.1. The van der Waals surface area contributed by atoms with Crippen molar-refractivity contribution >= 4 is 28.2 Å². The Morgan fingerprint density at radius 2 is 2.07 bits per heavy atom. The van der Waals surface area contributed by atoms with Crippen molar-refractivity contribution < 1.29 is 9.59 Å². The van der Waals surface area contributed by atoms with Crippen LogP contribution in [0.4, 0.5) is 5.00 Å². The van der Waals surface area contributed by atoms with Gasteiger partial charge in [0.25, 0.3) is 5.91 Å². The van der Waals surface area contributed by atoms with Crippen molar-refractivity contribution in [3.63, 3.8) is 0 Å². The molecule has 1 saturated carbocycles. The number of anilines is 1. The number of aryl methyl sites for hydroxylation is 1. The molecule has 0 atom stereocenters. The molecule has 1 aliphatic heterocycles. The van der Waals surface area contributed by atoms with E-state index in [0.717, 1.165) is 63.5 Å². The lowest BCUT2D eigenvalue weighted by Crippen LogP contribution is -2.34. The van der Waals surface area contributed by atoms with Crippen LogP contribution >= 0.6 is 11.3 Å². The summed E-state index contributed by atoms with van der Waals surface area (Å²) in [4.78, 5) is 29.8. The van der Waals surface area contributed by atoms with Crippen LogP contribution in [0, 0.1) is 5.92 Å². The summed E-state index contributed by atoms with van der Waals surface area (Å²) in [5.41, 5.74) is 1.22. The van der Waals surface area contributed by atoms with E-state index in [1.165, 1.54) is 16.9 Å². The molecule has 0 unspecified atom stereocenters. The highest BCUT2D eigenvalue weighted by molar-refractivity contribution is 7.18. The Morgan fingerprint density at radius 1 is 1.21 bits per heavy atom. The van der Waals surface area contributed by atoms with E-state index in [9.17, 15) is 9.59 Å². The molecule has 0 bridgehead atoms. The van der Waals surface area contributed by atoms with E-state index in [1.807, 2.05) is 27.9 Å². The Morgan fingerprint density at radius 3 is 2.82 bits per heavy atom. The predicted molar refractivity (Wildman–Crippen MR) is 109 cm³/mol. The maximum atomic E-state index is 12.9. The number of carbonyl (C=O) groups is 2. The first-order valence-corrected chi connectivity index (χ1v) is 10.9. The second-order valence-corrected chi connectivity index (χ2v) is 8.64. The van der Waals surface area contributed by atoms with Gasteiger partial charge < -0.3 is 10.2 Å². The summed E-state index contributed by atoms with van der Waals surface area (Å²) < 4.78 is 1.94. The average Bonchev–Trinajstić information content (AvgIpc) is 3.36. The van der Waals surface area contributed by atoms with Gasteiger partial charge in [0, 0.05) is 56.9 Å². The number of thiophene rings is 1. The minimum absolute atomic E-state index is 0.0672. The van der Waals surface area contributed by atoms with Gasteiger partial charge in [-0.1, -0.05) is 0 Å². The number of nitrogens with one attached hydrogen (secondary N) is 1. The van der Waals surface area contributed by atoms with E-state index in [1.54, 1.807) is 0 Å². The van der Waals surface area contributed by atoms with Gasteiger partial charge in [-0.05, 0) is 38.3 Å². The number of aromatic nitrogens is 2. The molecule has 7 nitrogen and oxygen atoms in total. The van der Waals surface area contributed by atoms with Gasteiger partial charge in [-0.2, -0.15) is 5.10 Å². The van der Waals surface area contributed by atoms with Crippen molar-refractivity contribution in [1.82, 2.24) is 19.6 Å². The number of nitrogens with zero attached hydrogens (tertiary/aromatic N) is 4. The molecule has 1 N–H and O–H groups in total. The van der Waals surface area contributed by atoms with E-state index in [4.69, 9.17) is 0 Å². The van der Waals surface area contributed by atoms with E-state index in [-0.39, 0.29) is 17.7 Å². The van der Waals surface area contributed by atoms with Crippen LogP contribution in [0.25, 0.3) is 0 Å². The summed E-state index contributed by atoms with van der Waals surface area (Å²) in [6.45, 7) is 7.17. The van der Waals surface area contributed by atoms with Crippen LogP contribution in [0.2, 0.25) is 0 Å². The van der Waals surface area contributed by atoms with Crippen LogP contribution in [0.5, 0.6) is 0 Å². The first-order chi connectivity index (χ1) is 13.6. The third-order valence-corrected chi connectivity index (χ3v) is 6.29. The fourth-order valence-electron chi connectivity index (χ4n) is 3.50. The van der Waals surface area contributed by atoms with Gasteiger partial charge in [0.05, 0.1) is 16.1 Å². The Kier molecular flexibility index (Phi) is 5.77. The van der Waals surface area contributed by atoms with E-state index < -0.39 is 0 Å². The van der Waals surface area contributed by atoms with Crippen molar-refractivity contribution in [1.29, 1.82) is 0 Å². The molecule has 0 aromatic carbocycles. The molecular formula is C20H27N5O2S. The van der Waals surface area contributed by atoms with Crippen LogP contribution in [-0.4, -0.2) is 57.6 Å². The molecule has 4 rings (SSSR count). The van der Waals surface area contributed by atoms with Crippen molar-refractivity contribution in [3.8, 4) is 0 Å². The molecule has 1 saturated heterocycles. The summed E-state index contributed by atoms with van der Waals surface area (Å²) in [7, 11) is 0. The monoisotopic (exact) mass is 401 g/mol. The molecule has 0 spiro atoms. The molecule has 2 aromatic rings. The van der Waals surface area contributed by atoms with Crippen LogP contribution < -0.4 is 5.32 Å². The Labute approximate surface area is 169 Å². The molecule has 28 heavy (non-hydrogen) atoms. The number of rotatable bonds is 6. The van der Waals surface area contributed by atoms with Gasteiger partial charge in [0.1, 0.15) is 0 Å². The fourth-order valence-corrected chi connectivity index (χ4v) is 4.37. The van der Waals surface area contributed by atoms with Crippen LogP contribution in [0.15, 0.2) is 24.5 Å². The Hall–Kier alpha value is -2.19. The van der Waals surface area contributed by atoms with Gasteiger partial charge in [-0.3, -0.25) is 19.2 Å². The van der Waals surface area contributed by atoms with Gasteiger partial charge in [0.15, 0.2) is 0 Å². The maximum Gasteiger partial charge on any atom is 0.264 e. The lowest BCUT2D eigenvalue weighted by molar-refractivity contribution is -0.117. The third-order valence-electron chi connectivity index (χ3n) is 5.30. The molecular weight excluding hydrogens is 374 g/mol. The molecule has 1 aliphatic carbocycles. The molecule has 2 aliphatic rings. The van der Waals surface area contributed by atoms with Gasteiger partial charge >= 0.3 is 0 Å². The average molecular weight is 402 g/mol. The molecule has 150 valence electrons. The van der Waals surface area contributed by atoms with Crippen molar-refractivity contribution in [2.75, 3.05) is 31.5 Å². The second kappa shape index (κ2) is 8.45. The van der Waals surface area contributed by atoms with Gasteiger partial charge in [0.2, 0.25) is 5.91 Å². The minimum Gasteiger partial charge on any atom is -0.337 e. The lowest BCUT2D eigenvalue weighted by atomic mass is 10.3. The summed E-state index contributed by atoms with van der Waals surface area (Å²) in [6.07, 6.45) is 6.95. The minimum atomic E-state index is 0.0672. The zero-order chi connectivity index (χ0) is 19.5. The molecule has 0 radical (unpaired) electrons. The highest BCUT2D eigenvalue weighted by Crippen LogP contribution is 2.32. The number of carbonyl (C=O) groups excluding carboxylic acids is 2. The SMILES string of the molecule is CCn1cc(CN2CCCN(C(=O)c3ccc(NC(=O)C4CC4)s3)CC2)cn1. The molecule has 2 fully saturated rings. The number of amides is 2. The summed E-state index contributed by atoms with van der Waals surface area (Å²) in [5.74, 6) is 0.317. The first-order valence-electron chi connectivity index (χ1n) is 10.1. The first kappa shape index (κ1) is 19.1. The summed E-state index contributed by atoms with van der Waals surface area (Å²) in [5, 5.41) is 8.04. The summed E-state index contributed by atoms with van der Waals surface area (Å²) >= 11 is 1.38. The van der Waals surface area contributed by atoms with E-state index in [0.29, 0.717) is 4.88 Å². The second-order valence-electron chi connectivity index (χ2n) is 7.55. The fraction of sp³-hybridized carbons (Fsp3) is 0.550. The number of hydrogen-bond acceptors (Lipinski definition) is 5. The van der Waals surface area contributed by atoms with Crippen LogP contribution in [0.1, 0.15) is 41.4 Å². The maximum absolute atomic E-state index is 12.9. The number of hydrogen-bond donors (Lipinski definition) is 1. The topological polar surface area (TPSA) is 70.5 Å². The zero-order valence-electron chi connectivity index (χ0n) is 16.3. The van der Waals surface area contributed by atoms with Crippen molar-refractivity contribution in [2.45, 2.75) is 39.3 Å². The molecule has 2 aromatic heterocycles. The predicted octanol–water partition coefficient (Wildman–Crippen LogP) is 2.66. The van der Waals surface area contributed by atoms with E-state index in [2.05, 4.69) is 28.4 Å². The van der Waals surface area contributed by atoms with Gasteiger partial charge in [-0.15, -0.1) is 11.3 Å².